The molecule has 1 saturated carbocycles. The van der Waals surface area contributed by atoms with Crippen molar-refractivity contribution in [2.45, 2.75) is 52.1 Å². The summed E-state index contributed by atoms with van der Waals surface area (Å²) in [7, 11) is 0. The molecule has 0 heterocycles. The van der Waals surface area contributed by atoms with Gasteiger partial charge in [0, 0.05) is 5.56 Å². The monoisotopic (exact) mass is 273 g/mol. The minimum atomic E-state index is 0.353. The highest BCUT2D eigenvalue weighted by molar-refractivity contribution is 6.04. The first kappa shape index (κ1) is 13.5. The molecule has 0 radical (unpaired) electrons. The average Bonchev–Trinajstić information content (AvgIpc) is 2.85. The van der Waals surface area contributed by atoms with Crippen molar-refractivity contribution in [2.24, 2.45) is 17.0 Å². The van der Waals surface area contributed by atoms with Crippen LogP contribution < -0.4 is 4.74 Å². The van der Waals surface area contributed by atoms with Gasteiger partial charge in [-0.15, -0.1) is 0 Å². The highest BCUT2D eigenvalue weighted by Crippen LogP contribution is 2.33. The number of oxime groups is 1. The van der Waals surface area contributed by atoms with Crippen molar-refractivity contribution in [3.63, 3.8) is 0 Å². The zero-order valence-corrected chi connectivity index (χ0v) is 12.3. The van der Waals surface area contributed by atoms with E-state index < -0.39 is 0 Å². The molecule has 0 bridgehead atoms. The summed E-state index contributed by atoms with van der Waals surface area (Å²) in [5.74, 6) is 2.53. The summed E-state index contributed by atoms with van der Waals surface area (Å²) in [6.45, 7) is 4.67. The molecule has 1 aromatic carbocycles. The molecule has 1 aromatic rings. The molecular weight excluding hydrogens is 250 g/mol. The summed E-state index contributed by atoms with van der Waals surface area (Å²) < 4.78 is 6.17. The number of ether oxygens (including phenoxy) is 1. The molecule has 1 N–H and O–H groups in total. The van der Waals surface area contributed by atoms with E-state index in [1.165, 1.54) is 12.0 Å². The first-order chi connectivity index (χ1) is 9.67. The largest absolute Gasteiger partial charge is 0.490 e. The molecule has 1 fully saturated rings. The summed E-state index contributed by atoms with van der Waals surface area (Å²) in [6.07, 6.45) is 5.70. The molecule has 3 heteroatoms. The molecule has 0 aliphatic heterocycles. The predicted molar refractivity (Wildman–Crippen MR) is 79.7 cm³/mol. The van der Waals surface area contributed by atoms with Gasteiger partial charge in [0.15, 0.2) is 0 Å². The minimum Gasteiger partial charge on any atom is -0.490 e. The highest BCUT2D eigenvalue weighted by Gasteiger charge is 2.26. The van der Waals surface area contributed by atoms with Gasteiger partial charge < -0.3 is 9.94 Å². The molecule has 0 aromatic heterocycles. The van der Waals surface area contributed by atoms with Crippen LogP contribution in [-0.2, 0) is 6.42 Å². The lowest BCUT2D eigenvalue weighted by Crippen LogP contribution is -2.28. The molecule has 2 aliphatic carbocycles. The van der Waals surface area contributed by atoms with E-state index in [9.17, 15) is 0 Å². The molecule has 0 saturated heterocycles. The van der Waals surface area contributed by atoms with Crippen LogP contribution in [0.15, 0.2) is 23.4 Å². The molecule has 3 atom stereocenters. The Labute approximate surface area is 120 Å². The lowest BCUT2D eigenvalue weighted by atomic mass is 9.80. The van der Waals surface area contributed by atoms with Crippen LogP contribution in [0.1, 0.15) is 50.7 Å². The normalized spacial score (nSPS) is 31.3. The lowest BCUT2D eigenvalue weighted by molar-refractivity contribution is 0.101. The predicted octanol–water partition coefficient (Wildman–Crippen LogP) is 4.01. The quantitative estimate of drug-likeness (QED) is 0.653. The first-order valence-electron chi connectivity index (χ1n) is 7.68. The van der Waals surface area contributed by atoms with Crippen LogP contribution in [0.4, 0.5) is 0 Å². The Bertz CT molecular complexity index is 524. The van der Waals surface area contributed by atoms with E-state index in [1.807, 2.05) is 12.1 Å². The van der Waals surface area contributed by atoms with Crippen molar-refractivity contribution < 1.29 is 9.94 Å². The third kappa shape index (κ3) is 2.54. The number of hydrogen-bond acceptors (Lipinski definition) is 3. The summed E-state index contributed by atoms with van der Waals surface area (Å²) in [6, 6.07) is 6.16. The zero-order valence-electron chi connectivity index (χ0n) is 12.3. The second kappa shape index (κ2) is 5.47. The van der Waals surface area contributed by atoms with Gasteiger partial charge in [-0.2, -0.15) is 0 Å². The van der Waals surface area contributed by atoms with E-state index in [0.29, 0.717) is 6.10 Å². The molecule has 0 spiro atoms. The van der Waals surface area contributed by atoms with E-state index >= 15 is 0 Å². The summed E-state index contributed by atoms with van der Waals surface area (Å²) >= 11 is 0. The van der Waals surface area contributed by atoms with Crippen molar-refractivity contribution in [3.8, 4) is 5.75 Å². The number of benzene rings is 1. The van der Waals surface area contributed by atoms with Gasteiger partial charge in [-0.3, -0.25) is 0 Å². The van der Waals surface area contributed by atoms with E-state index in [-0.39, 0.29) is 0 Å². The fourth-order valence-corrected chi connectivity index (χ4v) is 3.42. The van der Waals surface area contributed by atoms with E-state index in [4.69, 9.17) is 9.94 Å². The molecule has 2 aliphatic rings. The number of hydrogen-bond donors (Lipinski definition) is 1. The van der Waals surface area contributed by atoms with Crippen LogP contribution in [0.5, 0.6) is 5.75 Å². The molecule has 3 unspecified atom stereocenters. The fraction of sp³-hybridized carbons (Fsp3) is 0.588. The van der Waals surface area contributed by atoms with Crippen molar-refractivity contribution in [1.29, 1.82) is 0 Å². The number of nitrogens with zero attached hydrogens (tertiary/aromatic N) is 1. The summed E-state index contributed by atoms with van der Waals surface area (Å²) in [4.78, 5) is 0. The van der Waals surface area contributed by atoms with Gasteiger partial charge in [0.25, 0.3) is 0 Å². The second-order valence-electron chi connectivity index (χ2n) is 6.37. The number of rotatable bonds is 2. The van der Waals surface area contributed by atoms with Crippen LogP contribution in [0.2, 0.25) is 0 Å². The third-order valence-electron chi connectivity index (χ3n) is 4.99. The molecule has 0 amide bonds. The van der Waals surface area contributed by atoms with E-state index in [1.54, 1.807) is 0 Å². The molecule has 20 heavy (non-hydrogen) atoms. The van der Waals surface area contributed by atoms with Gasteiger partial charge in [-0.1, -0.05) is 19.0 Å². The van der Waals surface area contributed by atoms with Crippen LogP contribution in [-0.4, -0.2) is 17.0 Å². The Morgan fingerprint density at radius 3 is 2.75 bits per heavy atom. The lowest BCUT2D eigenvalue weighted by Gasteiger charge is -2.32. The fourth-order valence-electron chi connectivity index (χ4n) is 3.42. The van der Waals surface area contributed by atoms with Gasteiger partial charge in [-0.05, 0) is 67.7 Å². The molecule has 108 valence electrons. The Kier molecular flexibility index (Phi) is 3.68. The molecule has 3 nitrogen and oxygen atoms in total. The topological polar surface area (TPSA) is 41.8 Å². The van der Waals surface area contributed by atoms with E-state index in [2.05, 4.69) is 25.1 Å². The van der Waals surface area contributed by atoms with Crippen LogP contribution >= 0.6 is 0 Å². The standard InChI is InChI=1S/C17H23NO2/c1-11-3-5-14(9-12(11)2)20-15-6-7-16-13(10-15)4-8-17(16)18-19/h6-7,10-12,14,19H,3-5,8-9H2,1-2H3/b18-17+. The maximum Gasteiger partial charge on any atom is 0.120 e. The third-order valence-corrected chi connectivity index (χ3v) is 4.99. The number of fused-ring (bicyclic) bond motifs is 1. The van der Waals surface area contributed by atoms with Gasteiger partial charge >= 0.3 is 0 Å². The maximum atomic E-state index is 8.95. The van der Waals surface area contributed by atoms with Crippen LogP contribution in [0, 0.1) is 11.8 Å². The molecule has 3 rings (SSSR count). The average molecular weight is 273 g/mol. The maximum absolute atomic E-state index is 8.95. The Morgan fingerprint density at radius 2 is 2.00 bits per heavy atom. The van der Waals surface area contributed by atoms with Crippen molar-refractivity contribution >= 4 is 5.71 Å². The Hall–Kier alpha value is -1.51. The first-order valence-corrected chi connectivity index (χ1v) is 7.68. The van der Waals surface area contributed by atoms with Gasteiger partial charge in [0.05, 0.1) is 11.8 Å². The van der Waals surface area contributed by atoms with Crippen molar-refractivity contribution in [3.05, 3.63) is 29.3 Å². The Balaban J connectivity index is 1.70. The smallest absolute Gasteiger partial charge is 0.120 e. The minimum absolute atomic E-state index is 0.353. The van der Waals surface area contributed by atoms with Crippen molar-refractivity contribution in [2.75, 3.05) is 0 Å². The second-order valence-corrected chi connectivity index (χ2v) is 6.37. The Morgan fingerprint density at radius 1 is 1.15 bits per heavy atom. The summed E-state index contributed by atoms with van der Waals surface area (Å²) in [5, 5.41) is 12.3. The zero-order chi connectivity index (χ0) is 14.1. The van der Waals surface area contributed by atoms with Gasteiger partial charge in [-0.25, -0.2) is 0 Å². The number of aryl methyl sites for hydroxylation is 1. The van der Waals surface area contributed by atoms with E-state index in [0.717, 1.165) is 54.5 Å². The van der Waals surface area contributed by atoms with Gasteiger partial charge in [0.1, 0.15) is 5.75 Å². The highest BCUT2D eigenvalue weighted by atomic mass is 16.5. The van der Waals surface area contributed by atoms with Crippen LogP contribution in [0.25, 0.3) is 0 Å². The van der Waals surface area contributed by atoms with Gasteiger partial charge in [0.2, 0.25) is 0 Å². The van der Waals surface area contributed by atoms with Crippen molar-refractivity contribution in [1.82, 2.24) is 0 Å². The van der Waals surface area contributed by atoms with Crippen LogP contribution in [0.3, 0.4) is 0 Å². The SMILES string of the molecule is CC1CCC(Oc2ccc3c(c2)CC/C3=N\O)CC1C. The molecular formula is C17H23NO2. The summed E-state index contributed by atoms with van der Waals surface area (Å²) in [5.41, 5.74) is 3.12.